The number of hydrogen-bond donors (Lipinski definition) is 2. The first-order chi connectivity index (χ1) is 8.87. The topological polar surface area (TPSA) is 41.5 Å². The van der Waals surface area contributed by atoms with E-state index in [1.165, 1.54) is 5.56 Å². The lowest BCUT2D eigenvalue weighted by molar-refractivity contribution is -0.0630. The van der Waals surface area contributed by atoms with E-state index in [4.69, 9.17) is 4.74 Å². The van der Waals surface area contributed by atoms with Gasteiger partial charge in [-0.1, -0.05) is 12.1 Å². The van der Waals surface area contributed by atoms with Crippen LogP contribution in [-0.2, 0) is 11.3 Å². The van der Waals surface area contributed by atoms with Crippen LogP contribution in [0.25, 0.3) is 0 Å². The number of hydrogen-bond acceptors (Lipinski definition) is 3. The molecular formula is C16H25NO2. The molecule has 0 amide bonds. The molecule has 1 aliphatic rings. The molecule has 1 aromatic rings. The largest absolute Gasteiger partial charge is 0.507 e. The summed E-state index contributed by atoms with van der Waals surface area (Å²) in [5.41, 5.74) is 3.11. The molecule has 0 saturated carbocycles. The van der Waals surface area contributed by atoms with Crippen molar-refractivity contribution in [2.45, 2.75) is 58.7 Å². The summed E-state index contributed by atoms with van der Waals surface area (Å²) >= 11 is 0. The Balaban J connectivity index is 1.95. The first kappa shape index (κ1) is 14.4. The van der Waals surface area contributed by atoms with E-state index in [9.17, 15) is 5.11 Å². The molecule has 2 rings (SSSR count). The maximum Gasteiger partial charge on any atom is 0.121 e. The van der Waals surface area contributed by atoms with Gasteiger partial charge in [-0.3, -0.25) is 0 Å². The predicted molar refractivity (Wildman–Crippen MR) is 77.5 cm³/mol. The van der Waals surface area contributed by atoms with Crippen molar-refractivity contribution in [1.29, 1.82) is 0 Å². The van der Waals surface area contributed by atoms with Crippen molar-refractivity contribution < 1.29 is 9.84 Å². The SMILES string of the molecule is Cc1cc(CNC2CCOC(C)(C)C2)cc(C)c1O. The van der Waals surface area contributed by atoms with Gasteiger partial charge >= 0.3 is 0 Å². The Morgan fingerprint density at radius 1 is 1.32 bits per heavy atom. The third-order valence-corrected chi connectivity index (χ3v) is 3.84. The molecule has 3 heteroatoms. The predicted octanol–water partition coefficient (Wildman–Crippen LogP) is 3.06. The summed E-state index contributed by atoms with van der Waals surface area (Å²) in [6, 6.07) is 4.62. The summed E-state index contributed by atoms with van der Waals surface area (Å²) < 4.78 is 5.73. The molecule has 1 atom stereocenters. The molecule has 2 N–H and O–H groups in total. The van der Waals surface area contributed by atoms with Crippen LogP contribution in [0.15, 0.2) is 12.1 Å². The van der Waals surface area contributed by atoms with E-state index in [0.29, 0.717) is 11.8 Å². The zero-order valence-electron chi connectivity index (χ0n) is 12.4. The fourth-order valence-corrected chi connectivity index (χ4v) is 2.82. The number of aromatic hydroxyl groups is 1. The smallest absolute Gasteiger partial charge is 0.121 e. The van der Waals surface area contributed by atoms with E-state index in [-0.39, 0.29) is 5.60 Å². The van der Waals surface area contributed by atoms with Gasteiger partial charge in [-0.15, -0.1) is 0 Å². The van der Waals surface area contributed by atoms with E-state index in [0.717, 1.165) is 37.1 Å². The van der Waals surface area contributed by atoms with Crippen molar-refractivity contribution in [1.82, 2.24) is 5.32 Å². The van der Waals surface area contributed by atoms with Crippen molar-refractivity contribution in [3.8, 4) is 5.75 Å². The minimum absolute atomic E-state index is 0.0172. The summed E-state index contributed by atoms with van der Waals surface area (Å²) in [7, 11) is 0. The van der Waals surface area contributed by atoms with Gasteiger partial charge in [-0.2, -0.15) is 0 Å². The first-order valence-electron chi connectivity index (χ1n) is 7.04. The minimum Gasteiger partial charge on any atom is -0.507 e. The number of phenolic OH excluding ortho intramolecular Hbond substituents is 1. The third-order valence-electron chi connectivity index (χ3n) is 3.84. The van der Waals surface area contributed by atoms with Crippen LogP contribution < -0.4 is 5.32 Å². The van der Waals surface area contributed by atoms with Gasteiger partial charge in [0.25, 0.3) is 0 Å². The Morgan fingerprint density at radius 3 is 2.53 bits per heavy atom. The maximum absolute atomic E-state index is 9.78. The van der Waals surface area contributed by atoms with Gasteiger partial charge in [0, 0.05) is 19.2 Å². The van der Waals surface area contributed by atoms with Crippen molar-refractivity contribution in [3.05, 3.63) is 28.8 Å². The highest BCUT2D eigenvalue weighted by molar-refractivity contribution is 5.42. The van der Waals surface area contributed by atoms with Gasteiger partial charge in [-0.25, -0.2) is 0 Å². The molecule has 1 fully saturated rings. The van der Waals surface area contributed by atoms with Gasteiger partial charge in [-0.05, 0) is 57.2 Å². The van der Waals surface area contributed by atoms with E-state index in [1.807, 2.05) is 13.8 Å². The van der Waals surface area contributed by atoms with Crippen LogP contribution in [-0.4, -0.2) is 23.4 Å². The van der Waals surface area contributed by atoms with E-state index in [1.54, 1.807) is 0 Å². The number of phenols is 1. The lowest BCUT2D eigenvalue weighted by Crippen LogP contribution is -2.43. The second-order valence-electron chi connectivity index (χ2n) is 6.26. The molecule has 0 bridgehead atoms. The average molecular weight is 263 g/mol. The molecule has 3 nitrogen and oxygen atoms in total. The highest BCUT2D eigenvalue weighted by atomic mass is 16.5. The van der Waals surface area contributed by atoms with Crippen LogP contribution in [0.2, 0.25) is 0 Å². The fourth-order valence-electron chi connectivity index (χ4n) is 2.82. The summed E-state index contributed by atoms with van der Waals surface area (Å²) in [6.45, 7) is 9.87. The normalized spacial score (nSPS) is 22.4. The second kappa shape index (κ2) is 5.51. The van der Waals surface area contributed by atoms with Crippen LogP contribution in [0.4, 0.5) is 0 Å². The van der Waals surface area contributed by atoms with Crippen molar-refractivity contribution in [2.24, 2.45) is 0 Å². The number of ether oxygens (including phenoxy) is 1. The average Bonchev–Trinajstić information content (AvgIpc) is 2.32. The number of rotatable bonds is 3. The molecule has 1 saturated heterocycles. The highest BCUT2D eigenvalue weighted by Crippen LogP contribution is 2.25. The minimum atomic E-state index is -0.0172. The molecule has 0 radical (unpaired) electrons. The monoisotopic (exact) mass is 263 g/mol. The third kappa shape index (κ3) is 3.71. The highest BCUT2D eigenvalue weighted by Gasteiger charge is 2.28. The summed E-state index contributed by atoms with van der Waals surface area (Å²) in [4.78, 5) is 0. The molecule has 106 valence electrons. The van der Waals surface area contributed by atoms with Crippen LogP contribution in [0.3, 0.4) is 0 Å². The summed E-state index contributed by atoms with van der Waals surface area (Å²) in [5.74, 6) is 0.413. The first-order valence-corrected chi connectivity index (χ1v) is 7.04. The summed E-state index contributed by atoms with van der Waals surface area (Å²) in [6.07, 6.45) is 2.11. The van der Waals surface area contributed by atoms with E-state index < -0.39 is 0 Å². The second-order valence-corrected chi connectivity index (χ2v) is 6.26. The number of aryl methyl sites for hydroxylation is 2. The number of benzene rings is 1. The van der Waals surface area contributed by atoms with Crippen LogP contribution in [0.1, 0.15) is 43.4 Å². The zero-order valence-corrected chi connectivity index (χ0v) is 12.4. The van der Waals surface area contributed by atoms with Gasteiger partial charge in [0.1, 0.15) is 5.75 Å². The van der Waals surface area contributed by atoms with Crippen molar-refractivity contribution >= 4 is 0 Å². The van der Waals surface area contributed by atoms with Crippen LogP contribution in [0, 0.1) is 13.8 Å². The van der Waals surface area contributed by atoms with Gasteiger partial charge in [0.15, 0.2) is 0 Å². The number of nitrogens with one attached hydrogen (secondary N) is 1. The van der Waals surface area contributed by atoms with Gasteiger partial charge in [0.05, 0.1) is 5.60 Å². The van der Waals surface area contributed by atoms with Crippen molar-refractivity contribution in [3.63, 3.8) is 0 Å². The molecule has 0 aromatic heterocycles. The Hall–Kier alpha value is -1.06. The Morgan fingerprint density at radius 2 is 1.95 bits per heavy atom. The van der Waals surface area contributed by atoms with Gasteiger partial charge < -0.3 is 15.2 Å². The molecule has 1 unspecified atom stereocenters. The van der Waals surface area contributed by atoms with Crippen LogP contribution >= 0.6 is 0 Å². The van der Waals surface area contributed by atoms with E-state index >= 15 is 0 Å². The zero-order chi connectivity index (χ0) is 14.0. The molecule has 1 aromatic carbocycles. The standard InChI is InChI=1S/C16H25NO2/c1-11-7-13(8-12(2)15(11)18)10-17-14-5-6-19-16(3,4)9-14/h7-8,14,17-18H,5-6,9-10H2,1-4H3. The lowest BCUT2D eigenvalue weighted by atomic mass is 9.93. The molecule has 0 spiro atoms. The fraction of sp³-hybridized carbons (Fsp3) is 0.625. The quantitative estimate of drug-likeness (QED) is 0.880. The molecule has 1 heterocycles. The van der Waals surface area contributed by atoms with Crippen LogP contribution in [0.5, 0.6) is 5.75 Å². The summed E-state index contributed by atoms with van der Waals surface area (Å²) in [5, 5.41) is 13.4. The lowest BCUT2D eigenvalue weighted by Gasteiger charge is -2.36. The van der Waals surface area contributed by atoms with Gasteiger partial charge in [0.2, 0.25) is 0 Å². The van der Waals surface area contributed by atoms with Crippen molar-refractivity contribution in [2.75, 3.05) is 6.61 Å². The maximum atomic E-state index is 9.78. The molecule has 19 heavy (non-hydrogen) atoms. The molecule has 1 aliphatic heterocycles. The molecular weight excluding hydrogens is 238 g/mol. The van der Waals surface area contributed by atoms with E-state index in [2.05, 4.69) is 31.3 Å². The Kier molecular flexibility index (Phi) is 4.16. The Bertz CT molecular complexity index is 431. The molecule has 0 aliphatic carbocycles. The Labute approximate surface area is 116 Å².